The SMILES string of the molecule is O=C(O)c1[nH]cnc1C(=O)c1c[nH]c2cccc(Cl)c12. The van der Waals surface area contributed by atoms with Crippen LogP contribution in [0.25, 0.3) is 10.9 Å². The fraction of sp³-hybridized carbons (Fsp3) is 0. The Hall–Kier alpha value is -2.60. The van der Waals surface area contributed by atoms with Gasteiger partial charge in [-0.3, -0.25) is 4.79 Å². The van der Waals surface area contributed by atoms with Gasteiger partial charge in [0, 0.05) is 17.1 Å². The molecule has 3 aromatic rings. The van der Waals surface area contributed by atoms with Gasteiger partial charge in [-0.25, -0.2) is 9.78 Å². The van der Waals surface area contributed by atoms with Crippen LogP contribution in [0.2, 0.25) is 5.02 Å². The predicted molar refractivity (Wildman–Crippen MR) is 72.3 cm³/mol. The summed E-state index contributed by atoms with van der Waals surface area (Å²) < 4.78 is 0. The summed E-state index contributed by atoms with van der Waals surface area (Å²) in [6.45, 7) is 0. The van der Waals surface area contributed by atoms with Crippen LogP contribution in [-0.2, 0) is 0 Å². The molecular weight excluding hydrogens is 282 g/mol. The summed E-state index contributed by atoms with van der Waals surface area (Å²) in [7, 11) is 0. The predicted octanol–water partition coefficient (Wildman–Crippen LogP) is 2.47. The van der Waals surface area contributed by atoms with Crippen LogP contribution in [0.4, 0.5) is 0 Å². The van der Waals surface area contributed by atoms with E-state index in [2.05, 4.69) is 15.0 Å². The number of hydrogen-bond acceptors (Lipinski definition) is 3. The van der Waals surface area contributed by atoms with E-state index in [4.69, 9.17) is 16.7 Å². The number of hydrogen-bond donors (Lipinski definition) is 3. The lowest BCUT2D eigenvalue weighted by molar-refractivity contribution is 0.0687. The summed E-state index contributed by atoms with van der Waals surface area (Å²) in [5.41, 5.74) is 0.614. The van der Waals surface area contributed by atoms with E-state index in [0.717, 1.165) is 0 Å². The molecule has 3 N–H and O–H groups in total. The Bertz CT molecular complexity index is 834. The number of carboxylic acid groups (broad SMARTS) is 1. The van der Waals surface area contributed by atoms with E-state index in [0.29, 0.717) is 21.5 Å². The van der Waals surface area contributed by atoms with E-state index >= 15 is 0 Å². The molecule has 0 saturated carbocycles. The van der Waals surface area contributed by atoms with Crippen molar-refractivity contribution in [1.82, 2.24) is 15.0 Å². The second-order valence-electron chi connectivity index (χ2n) is 4.13. The maximum atomic E-state index is 12.4. The second-order valence-corrected chi connectivity index (χ2v) is 4.53. The van der Waals surface area contributed by atoms with Crippen LogP contribution in [0.1, 0.15) is 26.5 Å². The number of H-pyrrole nitrogens is 2. The van der Waals surface area contributed by atoms with Gasteiger partial charge in [-0.05, 0) is 12.1 Å². The highest BCUT2D eigenvalue weighted by Crippen LogP contribution is 2.28. The number of aromatic amines is 2. The van der Waals surface area contributed by atoms with E-state index in [9.17, 15) is 9.59 Å². The number of rotatable bonds is 3. The van der Waals surface area contributed by atoms with Crippen molar-refractivity contribution >= 4 is 34.3 Å². The maximum absolute atomic E-state index is 12.4. The molecule has 0 atom stereocenters. The fourth-order valence-corrected chi connectivity index (χ4v) is 2.35. The first kappa shape index (κ1) is 12.4. The number of nitrogens with zero attached hydrogens (tertiary/aromatic N) is 1. The number of ketones is 1. The van der Waals surface area contributed by atoms with Gasteiger partial charge in [0.15, 0.2) is 5.69 Å². The first-order chi connectivity index (χ1) is 9.59. The van der Waals surface area contributed by atoms with Gasteiger partial charge in [0.1, 0.15) is 5.69 Å². The number of carboxylic acids is 1. The molecule has 2 heterocycles. The Balaban J connectivity index is 2.18. The van der Waals surface area contributed by atoms with E-state index in [1.807, 2.05) is 0 Å². The second kappa shape index (κ2) is 4.50. The number of fused-ring (bicyclic) bond motifs is 1. The Kier molecular flexibility index (Phi) is 2.80. The highest BCUT2D eigenvalue weighted by molar-refractivity contribution is 6.37. The maximum Gasteiger partial charge on any atom is 0.354 e. The molecule has 0 aliphatic rings. The molecule has 0 spiro atoms. The van der Waals surface area contributed by atoms with Crippen LogP contribution in [0, 0.1) is 0 Å². The zero-order chi connectivity index (χ0) is 14.3. The number of carbonyl (C=O) groups is 2. The monoisotopic (exact) mass is 289 g/mol. The minimum absolute atomic E-state index is 0.140. The first-order valence-corrected chi connectivity index (χ1v) is 6.04. The van der Waals surface area contributed by atoms with Crippen molar-refractivity contribution in [1.29, 1.82) is 0 Å². The van der Waals surface area contributed by atoms with Gasteiger partial charge in [-0.2, -0.15) is 0 Å². The molecule has 0 fully saturated rings. The average molecular weight is 290 g/mol. The van der Waals surface area contributed by atoms with Crippen molar-refractivity contribution in [3.63, 3.8) is 0 Å². The van der Waals surface area contributed by atoms with E-state index in [1.54, 1.807) is 18.2 Å². The van der Waals surface area contributed by atoms with Gasteiger partial charge in [0.2, 0.25) is 5.78 Å². The van der Waals surface area contributed by atoms with Gasteiger partial charge >= 0.3 is 5.97 Å². The molecule has 0 amide bonds. The Morgan fingerprint density at radius 1 is 1.25 bits per heavy atom. The number of aromatic carboxylic acids is 1. The summed E-state index contributed by atoms with van der Waals surface area (Å²) in [6.07, 6.45) is 2.67. The third kappa shape index (κ3) is 1.78. The normalized spacial score (nSPS) is 10.8. The zero-order valence-corrected chi connectivity index (χ0v) is 10.7. The highest BCUT2D eigenvalue weighted by atomic mass is 35.5. The van der Waals surface area contributed by atoms with Crippen molar-refractivity contribution < 1.29 is 14.7 Å². The van der Waals surface area contributed by atoms with Crippen molar-refractivity contribution in [2.75, 3.05) is 0 Å². The summed E-state index contributed by atoms with van der Waals surface area (Å²) >= 11 is 6.09. The van der Waals surface area contributed by atoms with Crippen LogP contribution < -0.4 is 0 Å². The lowest BCUT2D eigenvalue weighted by Crippen LogP contribution is -2.09. The van der Waals surface area contributed by atoms with Crippen LogP contribution in [0.5, 0.6) is 0 Å². The number of aromatic nitrogens is 3. The van der Waals surface area contributed by atoms with Gasteiger partial charge in [0.05, 0.1) is 16.9 Å². The molecule has 0 unspecified atom stereocenters. The number of imidazole rings is 1. The van der Waals surface area contributed by atoms with Gasteiger partial charge in [-0.15, -0.1) is 0 Å². The zero-order valence-electron chi connectivity index (χ0n) is 9.98. The summed E-state index contributed by atoms with van der Waals surface area (Å²) in [6, 6.07) is 5.20. The molecule has 0 bridgehead atoms. The van der Waals surface area contributed by atoms with Gasteiger partial charge < -0.3 is 15.1 Å². The molecular formula is C13H8ClN3O3. The Labute approximate surface area is 117 Å². The van der Waals surface area contributed by atoms with Crippen molar-refractivity contribution in [2.24, 2.45) is 0 Å². The molecule has 0 saturated heterocycles. The molecule has 7 heteroatoms. The van der Waals surface area contributed by atoms with Crippen LogP contribution >= 0.6 is 11.6 Å². The van der Waals surface area contributed by atoms with Crippen LogP contribution in [0.15, 0.2) is 30.7 Å². The number of benzene rings is 1. The quantitative estimate of drug-likeness (QED) is 0.645. The molecule has 0 aliphatic heterocycles. The lowest BCUT2D eigenvalue weighted by Gasteiger charge is -1.99. The summed E-state index contributed by atoms with van der Waals surface area (Å²) in [4.78, 5) is 32.6. The number of carbonyl (C=O) groups excluding carboxylic acids is 1. The third-order valence-corrected chi connectivity index (χ3v) is 3.28. The minimum Gasteiger partial charge on any atom is -0.477 e. The minimum atomic E-state index is -1.24. The van der Waals surface area contributed by atoms with Crippen molar-refractivity contribution in [3.8, 4) is 0 Å². The molecule has 100 valence electrons. The van der Waals surface area contributed by atoms with Crippen LogP contribution in [0.3, 0.4) is 0 Å². The molecule has 6 nitrogen and oxygen atoms in total. The molecule has 1 aromatic carbocycles. The molecule has 2 aromatic heterocycles. The smallest absolute Gasteiger partial charge is 0.354 e. The van der Waals surface area contributed by atoms with Crippen molar-refractivity contribution in [2.45, 2.75) is 0 Å². The Morgan fingerprint density at radius 2 is 2.05 bits per heavy atom. The van der Waals surface area contributed by atoms with Gasteiger partial charge in [-0.1, -0.05) is 17.7 Å². The van der Waals surface area contributed by atoms with Crippen LogP contribution in [-0.4, -0.2) is 31.8 Å². The summed E-state index contributed by atoms with van der Waals surface area (Å²) in [5.74, 6) is -1.74. The average Bonchev–Trinajstić information content (AvgIpc) is 3.05. The molecule has 0 radical (unpaired) electrons. The molecule has 20 heavy (non-hydrogen) atoms. The van der Waals surface area contributed by atoms with Crippen molar-refractivity contribution in [3.05, 3.63) is 52.7 Å². The third-order valence-electron chi connectivity index (χ3n) is 2.97. The molecule has 0 aliphatic carbocycles. The standard InChI is InChI=1S/C13H8ClN3O3/c14-7-2-1-3-8-9(7)6(4-15-8)12(18)10-11(13(19)20)17-5-16-10/h1-5,15H,(H,16,17)(H,19,20). The first-order valence-electron chi connectivity index (χ1n) is 5.66. The number of nitrogens with one attached hydrogen (secondary N) is 2. The van der Waals surface area contributed by atoms with Gasteiger partial charge in [0.25, 0.3) is 0 Å². The lowest BCUT2D eigenvalue weighted by atomic mass is 10.1. The molecule has 3 rings (SSSR count). The largest absolute Gasteiger partial charge is 0.477 e. The van der Waals surface area contributed by atoms with E-state index in [1.165, 1.54) is 12.5 Å². The number of halogens is 1. The Morgan fingerprint density at radius 3 is 2.80 bits per heavy atom. The topological polar surface area (TPSA) is 98.8 Å². The van der Waals surface area contributed by atoms with E-state index < -0.39 is 11.8 Å². The summed E-state index contributed by atoms with van der Waals surface area (Å²) in [5, 5.41) is 9.98. The highest BCUT2D eigenvalue weighted by Gasteiger charge is 2.23. The van der Waals surface area contributed by atoms with E-state index in [-0.39, 0.29) is 11.4 Å². The fourth-order valence-electron chi connectivity index (χ4n) is 2.08.